The van der Waals surface area contributed by atoms with Gasteiger partial charge in [-0.15, -0.1) is 0 Å². The quantitative estimate of drug-likeness (QED) is 0.672. The molecule has 0 amide bonds. The highest BCUT2D eigenvalue weighted by atomic mass is 35.5. The number of benzene rings is 2. The Kier molecular flexibility index (Phi) is 4.38. The van der Waals surface area contributed by atoms with Gasteiger partial charge in [-0.3, -0.25) is 4.57 Å². The summed E-state index contributed by atoms with van der Waals surface area (Å²) < 4.78 is 37.9. The number of imidazole rings is 1. The van der Waals surface area contributed by atoms with Crippen molar-refractivity contribution in [2.75, 3.05) is 6.26 Å². The van der Waals surface area contributed by atoms with Crippen LogP contribution in [-0.4, -0.2) is 24.2 Å². The van der Waals surface area contributed by atoms with Crippen LogP contribution in [0.2, 0.25) is 10.4 Å². The predicted molar refractivity (Wildman–Crippen MR) is 92.1 cm³/mol. The fraction of sp³-hybridized carbons (Fsp3) is 0.0625. The number of hydrogen-bond donors (Lipinski definition) is 0. The molecule has 0 atom stereocenters. The van der Waals surface area contributed by atoms with Crippen LogP contribution in [0.3, 0.4) is 0 Å². The average Bonchev–Trinajstić information content (AvgIpc) is 2.82. The van der Waals surface area contributed by atoms with E-state index < -0.39 is 9.84 Å². The van der Waals surface area contributed by atoms with E-state index in [0.29, 0.717) is 16.9 Å². The van der Waals surface area contributed by atoms with Crippen LogP contribution in [0.1, 0.15) is 0 Å². The summed E-state index contributed by atoms with van der Waals surface area (Å²) in [7, 11) is -3.30. The Bertz CT molecular complexity index is 998. The molecule has 0 aliphatic rings. The molecule has 3 aromatic rings. The molecule has 24 heavy (non-hydrogen) atoms. The molecule has 1 aromatic heterocycles. The van der Waals surface area contributed by atoms with Gasteiger partial charge in [0.05, 0.1) is 10.6 Å². The van der Waals surface area contributed by atoms with Crippen LogP contribution in [0.25, 0.3) is 16.9 Å². The Hall–Kier alpha value is -1.89. The van der Waals surface area contributed by atoms with Gasteiger partial charge in [0.15, 0.2) is 15.0 Å². The molecule has 3 rings (SSSR count). The number of nitrogens with zero attached hydrogens (tertiary/aromatic N) is 2. The van der Waals surface area contributed by atoms with Gasteiger partial charge >= 0.3 is 0 Å². The Morgan fingerprint density at radius 2 is 1.58 bits per heavy atom. The van der Waals surface area contributed by atoms with Gasteiger partial charge in [0.25, 0.3) is 0 Å². The van der Waals surface area contributed by atoms with Gasteiger partial charge in [0, 0.05) is 17.5 Å². The lowest BCUT2D eigenvalue weighted by molar-refractivity contribution is 0.602. The number of hydrogen-bond acceptors (Lipinski definition) is 3. The molecule has 0 saturated carbocycles. The molecular formula is C16H11Cl2FN2O2S. The van der Waals surface area contributed by atoms with E-state index in [0.717, 1.165) is 6.26 Å². The summed E-state index contributed by atoms with van der Waals surface area (Å²) in [6, 6.07) is 11.9. The summed E-state index contributed by atoms with van der Waals surface area (Å²) in [5.74, 6) is -0.371. The zero-order valence-corrected chi connectivity index (χ0v) is 14.7. The van der Waals surface area contributed by atoms with E-state index >= 15 is 0 Å². The number of sulfone groups is 1. The molecule has 0 radical (unpaired) electrons. The predicted octanol–water partition coefficient (Wildman–Crippen LogP) is 4.39. The average molecular weight is 385 g/mol. The molecule has 0 aliphatic carbocycles. The fourth-order valence-corrected chi connectivity index (χ4v) is 3.52. The lowest BCUT2D eigenvalue weighted by Gasteiger charge is -2.10. The van der Waals surface area contributed by atoms with Crippen LogP contribution in [0, 0.1) is 5.82 Å². The molecular weight excluding hydrogens is 374 g/mol. The van der Waals surface area contributed by atoms with Crippen LogP contribution in [-0.2, 0) is 9.84 Å². The van der Waals surface area contributed by atoms with Crippen molar-refractivity contribution in [3.05, 3.63) is 64.8 Å². The molecule has 0 fully saturated rings. The number of rotatable bonds is 3. The minimum Gasteiger partial charge on any atom is -0.282 e. The molecule has 1 heterocycles. The van der Waals surface area contributed by atoms with Crippen LogP contribution in [0.5, 0.6) is 0 Å². The molecule has 0 aliphatic heterocycles. The van der Waals surface area contributed by atoms with E-state index in [9.17, 15) is 12.8 Å². The first-order valence-electron chi connectivity index (χ1n) is 6.77. The first-order valence-corrected chi connectivity index (χ1v) is 9.42. The van der Waals surface area contributed by atoms with Gasteiger partial charge in [-0.1, -0.05) is 11.6 Å². The first kappa shape index (κ1) is 17.0. The zero-order valence-electron chi connectivity index (χ0n) is 12.4. The Labute approximate surface area is 148 Å². The summed E-state index contributed by atoms with van der Waals surface area (Å²) >= 11 is 12.3. The molecule has 0 N–H and O–H groups in total. The first-order chi connectivity index (χ1) is 11.3. The van der Waals surface area contributed by atoms with Crippen molar-refractivity contribution in [3.8, 4) is 16.9 Å². The molecule has 124 valence electrons. The molecule has 0 bridgehead atoms. The smallest absolute Gasteiger partial charge is 0.209 e. The van der Waals surface area contributed by atoms with Crippen LogP contribution in [0.15, 0.2) is 53.4 Å². The Morgan fingerprint density at radius 3 is 2.12 bits per heavy atom. The van der Waals surface area contributed by atoms with E-state index in [1.165, 1.54) is 24.3 Å². The third kappa shape index (κ3) is 3.17. The third-order valence-corrected chi connectivity index (χ3v) is 5.08. The van der Waals surface area contributed by atoms with Crippen molar-refractivity contribution in [1.29, 1.82) is 0 Å². The number of aromatic nitrogens is 2. The second-order valence-electron chi connectivity index (χ2n) is 5.13. The summed E-state index contributed by atoms with van der Waals surface area (Å²) in [5, 5.41) is 0.283. The largest absolute Gasteiger partial charge is 0.282 e. The van der Waals surface area contributed by atoms with Gasteiger partial charge in [0.1, 0.15) is 5.82 Å². The van der Waals surface area contributed by atoms with Gasteiger partial charge < -0.3 is 0 Å². The molecule has 2 aromatic carbocycles. The third-order valence-electron chi connectivity index (χ3n) is 3.43. The van der Waals surface area contributed by atoms with Crippen molar-refractivity contribution < 1.29 is 12.8 Å². The molecule has 0 spiro atoms. The summed E-state index contributed by atoms with van der Waals surface area (Å²) in [5.41, 5.74) is 1.72. The minimum atomic E-state index is -3.30. The Balaban J connectivity index is 2.17. The lowest BCUT2D eigenvalue weighted by Crippen LogP contribution is -2.00. The van der Waals surface area contributed by atoms with Gasteiger partial charge in [-0.05, 0) is 60.1 Å². The van der Waals surface area contributed by atoms with Crippen molar-refractivity contribution in [3.63, 3.8) is 0 Å². The van der Waals surface area contributed by atoms with Crippen molar-refractivity contribution >= 4 is 33.0 Å². The topological polar surface area (TPSA) is 52.0 Å². The Morgan fingerprint density at radius 1 is 1.00 bits per heavy atom. The van der Waals surface area contributed by atoms with E-state index in [4.69, 9.17) is 23.2 Å². The SMILES string of the molecule is CS(=O)(=O)c1ccc(-n2c(Cl)nc(Cl)c2-c2ccc(F)cc2)cc1. The standard InChI is InChI=1S/C16H11Cl2FN2O2S/c1-24(22,23)13-8-6-12(7-9-13)21-14(15(17)20-16(21)18)10-2-4-11(19)5-3-10/h2-9H,1H3. The number of halogens is 3. The summed E-state index contributed by atoms with van der Waals surface area (Å²) in [6.07, 6.45) is 1.13. The van der Waals surface area contributed by atoms with E-state index in [1.54, 1.807) is 28.8 Å². The highest BCUT2D eigenvalue weighted by molar-refractivity contribution is 7.90. The highest BCUT2D eigenvalue weighted by Crippen LogP contribution is 2.34. The van der Waals surface area contributed by atoms with Crippen LogP contribution < -0.4 is 0 Å². The summed E-state index contributed by atoms with van der Waals surface area (Å²) in [4.78, 5) is 4.23. The van der Waals surface area contributed by atoms with Crippen molar-refractivity contribution in [1.82, 2.24) is 9.55 Å². The van der Waals surface area contributed by atoms with Crippen molar-refractivity contribution in [2.24, 2.45) is 0 Å². The maximum atomic E-state index is 13.1. The highest BCUT2D eigenvalue weighted by Gasteiger charge is 2.18. The lowest BCUT2D eigenvalue weighted by atomic mass is 10.1. The van der Waals surface area contributed by atoms with E-state index in [2.05, 4.69) is 4.98 Å². The van der Waals surface area contributed by atoms with Crippen LogP contribution in [0.4, 0.5) is 4.39 Å². The van der Waals surface area contributed by atoms with Gasteiger partial charge in [-0.25, -0.2) is 17.8 Å². The van der Waals surface area contributed by atoms with Crippen molar-refractivity contribution in [2.45, 2.75) is 4.90 Å². The van der Waals surface area contributed by atoms with Crippen LogP contribution >= 0.6 is 23.2 Å². The maximum absolute atomic E-state index is 13.1. The second-order valence-corrected chi connectivity index (χ2v) is 7.84. The van der Waals surface area contributed by atoms with Gasteiger partial charge in [-0.2, -0.15) is 0 Å². The van der Waals surface area contributed by atoms with Gasteiger partial charge in [0.2, 0.25) is 5.28 Å². The maximum Gasteiger partial charge on any atom is 0.209 e. The fourth-order valence-electron chi connectivity index (χ4n) is 2.30. The zero-order chi connectivity index (χ0) is 17.5. The second kappa shape index (κ2) is 6.20. The molecule has 0 unspecified atom stereocenters. The molecule has 8 heteroatoms. The molecule has 4 nitrogen and oxygen atoms in total. The van der Waals surface area contributed by atoms with E-state index in [-0.39, 0.29) is 21.1 Å². The minimum absolute atomic E-state index is 0.117. The normalized spacial score (nSPS) is 11.7. The van der Waals surface area contributed by atoms with E-state index in [1.807, 2.05) is 0 Å². The molecule has 0 saturated heterocycles. The summed E-state index contributed by atoms with van der Waals surface area (Å²) in [6.45, 7) is 0. The monoisotopic (exact) mass is 384 g/mol.